The van der Waals surface area contributed by atoms with E-state index in [9.17, 15) is 0 Å². The second kappa shape index (κ2) is 13.1. The summed E-state index contributed by atoms with van der Waals surface area (Å²) in [6.45, 7) is 5.36. The van der Waals surface area contributed by atoms with Crippen LogP contribution in [0.25, 0.3) is 0 Å². The molecule has 0 saturated carbocycles. The lowest BCUT2D eigenvalue weighted by atomic mass is 10.1. The van der Waals surface area contributed by atoms with Gasteiger partial charge < -0.3 is 29.7 Å². The van der Waals surface area contributed by atoms with Crippen LogP contribution in [0.5, 0.6) is 17.2 Å². The number of piperidine rings is 1. The lowest BCUT2D eigenvalue weighted by molar-refractivity contribution is 0.224. The molecule has 1 aromatic carbocycles. The van der Waals surface area contributed by atoms with Gasteiger partial charge in [-0.2, -0.15) is 0 Å². The van der Waals surface area contributed by atoms with Crippen LogP contribution in [0.3, 0.4) is 0 Å². The van der Waals surface area contributed by atoms with Crippen molar-refractivity contribution >= 4 is 5.96 Å². The predicted octanol–water partition coefficient (Wildman–Crippen LogP) is 3.03. The number of likely N-dealkylation sites (tertiary alicyclic amines) is 1. The van der Waals surface area contributed by atoms with Gasteiger partial charge in [-0.05, 0) is 63.0 Å². The molecule has 0 bridgehead atoms. The molecule has 0 radical (unpaired) electrons. The minimum atomic E-state index is 0.603. The first-order valence-corrected chi connectivity index (χ1v) is 10.7. The molecule has 1 aliphatic rings. The molecule has 0 aliphatic carbocycles. The molecule has 0 spiro atoms. The topological polar surface area (TPSA) is 67.4 Å². The largest absolute Gasteiger partial charge is 0.493 e. The lowest BCUT2D eigenvalue weighted by Gasteiger charge is -2.26. The van der Waals surface area contributed by atoms with Crippen molar-refractivity contribution in [2.45, 2.75) is 45.1 Å². The number of hydrogen-bond acceptors (Lipinski definition) is 5. The standard InChI is InChI=1S/C22H38N4O3/c1-23-22(24-11-7-5-8-12-26-13-9-6-10-14-26)25-17-18-15-19(27-2)21(29-4)20(16-18)28-3/h15-16H,5-14,17H2,1-4H3,(H2,23,24,25). The van der Waals surface area contributed by atoms with E-state index in [2.05, 4.69) is 20.5 Å². The van der Waals surface area contributed by atoms with Crippen LogP contribution in [0.1, 0.15) is 44.1 Å². The Balaban J connectivity index is 1.70. The fourth-order valence-electron chi connectivity index (χ4n) is 3.67. The number of methoxy groups -OCH3 is 3. The second-order valence-electron chi connectivity index (χ2n) is 7.35. The molecular formula is C22H38N4O3. The number of ether oxygens (including phenoxy) is 3. The molecule has 2 rings (SSSR count). The van der Waals surface area contributed by atoms with Crippen LogP contribution in [0.15, 0.2) is 17.1 Å². The van der Waals surface area contributed by atoms with Crippen molar-refractivity contribution < 1.29 is 14.2 Å². The first-order valence-electron chi connectivity index (χ1n) is 10.7. The van der Waals surface area contributed by atoms with Crippen molar-refractivity contribution in [1.29, 1.82) is 0 Å². The Labute approximate surface area is 175 Å². The van der Waals surface area contributed by atoms with E-state index >= 15 is 0 Å². The van der Waals surface area contributed by atoms with Crippen LogP contribution in [-0.2, 0) is 6.54 Å². The molecular weight excluding hydrogens is 368 g/mol. The van der Waals surface area contributed by atoms with E-state index in [4.69, 9.17) is 14.2 Å². The van der Waals surface area contributed by atoms with Crippen molar-refractivity contribution in [1.82, 2.24) is 15.5 Å². The monoisotopic (exact) mass is 406 g/mol. The van der Waals surface area contributed by atoms with Gasteiger partial charge in [-0.1, -0.05) is 12.8 Å². The summed E-state index contributed by atoms with van der Waals surface area (Å²) in [5.41, 5.74) is 1.03. The fraction of sp³-hybridized carbons (Fsp3) is 0.682. The molecule has 0 atom stereocenters. The molecule has 7 heteroatoms. The van der Waals surface area contributed by atoms with Crippen LogP contribution < -0.4 is 24.8 Å². The number of nitrogens with one attached hydrogen (secondary N) is 2. The Hall–Kier alpha value is -2.15. The van der Waals surface area contributed by atoms with Gasteiger partial charge in [-0.15, -0.1) is 0 Å². The number of aliphatic imine (C=N–C) groups is 1. The SMILES string of the molecule is CN=C(NCCCCCN1CCCCC1)NCc1cc(OC)c(OC)c(OC)c1. The summed E-state index contributed by atoms with van der Waals surface area (Å²) in [6, 6.07) is 3.89. The third-order valence-corrected chi connectivity index (χ3v) is 5.30. The first kappa shape index (κ1) is 23.1. The van der Waals surface area contributed by atoms with Gasteiger partial charge >= 0.3 is 0 Å². The predicted molar refractivity (Wildman–Crippen MR) is 118 cm³/mol. The molecule has 1 heterocycles. The number of rotatable bonds is 11. The Bertz CT molecular complexity index is 605. The van der Waals surface area contributed by atoms with E-state index in [-0.39, 0.29) is 0 Å². The zero-order chi connectivity index (χ0) is 20.9. The van der Waals surface area contributed by atoms with Crippen molar-refractivity contribution in [2.75, 3.05) is 54.6 Å². The average molecular weight is 407 g/mol. The fourth-order valence-corrected chi connectivity index (χ4v) is 3.67. The normalized spacial score (nSPS) is 15.1. The Morgan fingerprint density at radius 2 is 1.62 bits per heavy atom. The van der Waals surface area contributed by atoms with Gasteiger partial charge in [0.15, 0.2) is 17.5 Å². The lowest BCUT2D eigenvalue weighted by Crippen LogP contribution is -2.37. The molecule has 29 heavy (non-hydrogen) atoms. The van der Waals surface area contributed by atoms with Crippen LogP contribution in [0.4, 0.5) is 0 Å². The van der Waals surface area contributed by atoms with E-state index < -0.39 is 0 Å². The zero-order valence-corrected chi connectivity index (χ0v) is 18.6. The van der Waals surface area contributed by atoms with E-state index in [1.807, 2.05) is 12.1 Å². The Morgan fingerprint density at radius 1 is 0.931 bits per heavy atom. The van der Waals surface area contributed by atoms with Gasteiger partial charge in [0.1, 0.15) is 0 Å². The molecule has 1 aromatic rings. The van der Waals surface area contributed by atoms with Gasteiger partial charge in [-0.3, -0.25) is 4.99 Å². The van der Waals surface area contributed by atoms with Crippen LogP contribution >= 0.6 is 0 Å². The molecule has 0 amide bonds. The summed E-state index contributed by atoms with van der Waals surface area (Å²) < 4.78 is 16.2. The second-order valence-corrected chi connectivity index (χ2v) is 7.35. The van der Waals surface area contributed by atoms with Gasteiger partial charge in [0.25, 0.3) is 0 Å². The maximum atomic E-state index is 5.42. The van der Waals surface area contributed by atoms with E-state index in [1.165, 1.54) is 51.7 Å². The summed E-state index contributed by atoms with van der Waals surface area (Å²) >= 11 is 0. The maximum Gasteiger partial charge on any atom is 0.203 e. The molecule has 1 fully saturated rings. The summed E-state index contributed by atoms with van der Waals surface area (Å²) in [5.74, 6) is 2.71. The molecule has 0 unspecified atom stereocenters. The third-order valence-electron chi connectivity index (χ3n) is 5.30. The quantitative estimate of drug-likeness (QED) is 0.335. The van der Waals surface area contributed by atoms with E-state index in [1.54, 1.807) is 28.4 Å². The van der Waals surface area contributed by atoms with Gasteiger partial charge in [0.2, 0.25) is 5.75 Å². The van der Waals surface area contributed by atoms with Crippen LogP contribution in [0.2, 0.25) is 0 Å². The number of nitrogens with zero attached hydrogens (tertiary/aromatic N) is 2. The molecule has 1 aliphatic heterocycles. The van der Waals surface area contributed by atoms with Crippen LogP contribution in [-0.4, -0.2) is 65.4 Å². The highest BCUT2D eigenvalue weighted by atomic mass is 16.5. The highest BCUT2D eigenvalue weighted by Gasteiger charge is 2.13. The van der Waals surface area contributed by atoms with E-state index in [0.29, 0.717) is 23.8 Å². The first-order chi connectivity index (χ1) is 14.2. The molecule has 164 valence electrons. The Kier molecular flexibility index (Phi) is 10.5. The summed E-state index contributed by atoms with van der Waals surface area (Å²) in [4.78, 5) is 6.92. The van der Waals surface area contributed by atoms with Crippen molar-refractivity contribution in [3.8, 4) is 17.2 Å². The van der Waals surface area contributed by atoms with Crippen molar-refractivity contribution in [3.63, 3.8) is 0 Å². The van der Waals surface area contributed by atoms with Crippen molar-refractivity contribution in [2.24, 2.45) is 4.99 Å². The maximum absolute atomic E-state index is 5.42. The number of benzene rings is 1. The van der Waals surface area contributed by atoms with Gasteiger partial charge in [0.05, 0.1) is 21.3 Å². The number of hydrogen-bond donors (Lipinski definition) is 2. The average Bonchev–Trinajstić information content (AvgIpc) is 2.77. The highest BCUT2D eigenvalue weighted by Crippen LogP contribution is 2.38. The molecule has 7 nitrogen and oxygen atoms in total. The Morgan fingerprint density at radius 3 is 2.21 bits per heavy atom. The van der Waals surface area contributed by atoms with Gasteiger partial charge in [-0.25, -0.2) is 0 Å². The molecule has 2 N–H and O–H groups in total. The summed E-state index contributed by atoms with van der Waals surface area (Å²) in [6.07, 6.45) is 7.82. The number of guanidine groups is 1. The zero-order valence-electron chi connectivity index (χ0n) is 18.6. The smallest absolute Gasteiger partial charge is 0.203 e. The summed E-state index contributed by atoms with van der Waals surface area (Å²) in [7, 11) is 6.65. The molecule has 0 aromatic heterocycles. The van der Waals surface area contributed by atoms with Gasteiger partial charge in [0, 0.05) is 20.1 Å². The molecule has 1 saturated heterocycles. The highest BCUT2D eigenvalue weighted by molar-refractivity contribution is 5.79. The summed E-state index contributed by atoms with van der Waals surface area (Å²) in [5, 5.41) is 6.74. The van der Waals surface area contributed by atoms with Crippen molar-refractivity contribution in [3.05, 3.63) is 17.7 Å². The third kappa shape index (κ3) is 7.65. The van der Waals surface area contributed by atoms with Crippen LogP contribution in [0, 0.1) is 0 Å². The number of unbranched alkanes of at least 4 members (excludes halogenated alkanes) is 2. The van der Waals surface area contributed by atoms with E-state index in [0.717, 1.165) is 24.5 Å². The minimum absolute atomic E-state index is 0.603. The minimum Gasteiger partial charge on any atom is -0.493 e.